The summed E-state index contributed by atoms with van der Waals surface area (Å²) in [6, 6.07) is 11.3. The molecule has 0 bridgehead atoms. The average Bonchev–Trinajstić information content (AvgIpc) is 2.68. The number of hydrogen-bond donors (Lipinski definition) is 1. The highest BCUT2D eigenvalue weighted by Gasteiger charge is 2.11. The van der Waals surface area contributed by atoms with E-state index in [1.54, 1.807) is 24.3 Å². The number of nitrogens with zero attached hydrogens (tertiary/aromatic N) is 1. The van der Waals surface area contributed by atoms with Gasteiger partial charge in [0.2, 0.25) is 5.76 Å². The molecule has 1 heterocycles. The van der Waals surface area contributed by atoms with Crippen LogP contribution < -0.4 is 0 Å². The van der Waals surface area contributed by atoms with Crippen molar-refractivity contribution in [1.29, 1.82) is 0 Å². The second kappa shape index (κ2) is 3.33. The zero-order chi connectivity index (χ0) is 9.97. The summed E-state index contributed by atoms with van der Waals surface area (Å²) in [5.41, 5.74) is 1.32. The highest BCUT2D eigenvalue weighted by atomic mass is 16.5. The van der Waals surface area contributed by atoms with Crippen molar-refractivity contribution in [3.63, 3.8) is 0 Å². The van der Waals surface area contributed by atoms with E-state index in [-0.39, 0.29) is 5.76 Å². The van der Waals surface area contributed by atoms with E-state index >= 15 is 0 Å². The fraction of sp³-hybridized carbons (Fsp3) is 0. The van der Waals surface area contributed by atoms with Crippen LogP contribution in [0.1, 0.15) is 10.6 Å². The van der Waals surface area contributed by atoms with Crippen LogP contribution in [0.2, 0.25) is 0 Å². The molecule has 0 aliphatic heterocycles. The van der Waals surface area contributed by atoms with Gasteiger partial charge < -0.3 is 9.63 Å². The molecule has 0 spiro atoms. The summed E-state index contributed by atoms with van der Waals surface area (Å²) in [6.45, 7) is 0. The summed E-state index contributed by atoms with van der Waals surface area (Å²) in [7, 11) is 0. The monoisotopic (exact) mass is 188 g/mol. The van der Waals surface area contributed by atoms with Gasteiger partial charge in [0.15, 0.2) is 0 Å². The van der Waals surface area contributed by atoms with Gasteiger partial charge in [0.1, 0.15) is 5.69 Å². The van der Waals surface area contributed by atoms with Crippen molar-refractivity contribution in [3.8, 4) is 11.3 Å². The molecule has 0 amide bonds. The molecular weight excluding hydrogens is 182 g/mol. The molecule has 0 saturated carbocycles. The largest absolute Gasteiger partial charge is 0.475 e. The molecule has 0 unspecified atom stereocenters. The Morgan fingerprint density at radius 2 is 2.14 bits per heavy atom. The van der Waals surface area contributed by atoms with Gasteiger partial charge in [0.25, 0.3) is 0 Å². The van der Waals surface area contributed by atoms with Crippen molar-refractivity contribution < 1.29 is 14.4 Å². The van der Waals surface area contributed by atoms with Gasteiger partial charge in [-0.05, 0) is 6.07 Å². The quantitative estimate of drug-likeness (QED) is 0.780. The highest BCUT2D eigenvalue weighted by Crippen LogP contribution is 2.17. The number of hydrogen-bond acceptors (Lipinski definition) is 3. The summed E-state index contributed by atoms with van der Waals surface area (Å²) in [4.78, 5) is 10.5. The molecular formula is C10H6NO3. The SMILES string of the molecule is O=C(O)c1cc(-c2cc[c]cc2)no1. The molecule has 1 aromatic carbocycles. The van der Waals surface area contributed by atoms with Gasteiger partial charge >= 0.3 is 5.97 Å². The molecule has 1 radical (unpaired) electrons. The molecule has 4 nitrogen and oxygen atoms in total. The average molecular weight is 188 g/mol. The van der Waals surface area contributed by atoms with Crippen molar-refractivity contribution in [2.75, 3.05) is 0 Å². The molecule has 14 heavy (non-hydrogen) atoms. The highest BCUT2D eigenvalue weighted by molar-refractivity contribution is 5.85. The smallest absolute Gasteiger partial charge is 0.374 e. The normalized spacial score (nSPS) is 10.0. The van der Waals surface area contributed by atoms with Crippen molar-refractivity contribution in [1.82, 2.24) is 5.16 Å². The van der Waals surface area contributed by atoms with Crippen molar-refractivity contribution in [2.45, 2.75) is 0 Å². The third-order valence-corrected chi connectivity index (χ3v) is 1.73. The Morgan fingerprint density at radius 3 is 2.71 bits per heavy atom. The molecule has 0 atom stereocenters. The zero-order valence-electron chi connectivity index (χ0n) is 7.10. The van der Waals surface area contributed by atoms with Crippen LogP contribution >= 0.6 is 0 Å². The Hall–Kier alpha value is -2.10. The number of rotatable bonds is 2. The number of aromatic carboxylic acids is 1. The summed E-state index contributed by atoms with van der Waals surface area (Å²) >= 11 is 0. The Balaban J connectivity index is 2.39. The lowest BCUT2D eigenvalue weighted by molar-refractivity contribution is 0.0652. The minimum Gasteiger partial charge on any atom is -0.475 e. The number of benzene rings is 1. The van der Waals surface area contributed by atoms with Crippen LogP contribution in [0.15, 0.2) is 34.9 Å². The van der Waals surface area contributed by atoms with Crippen LogP contribution in [0.4, 0.5) is 0 Å². The summed E-state index contributed by atoms with van der Waals surface area (Å²) < 4.78 is 4.62. The minimum absolute atomic E-state index is 0.159. The third-order valence-electron chi connectivity index (χ3n) is 1.73. The van der Waals surface area contributed by atoms with E-state index in [9.17, 15) is 4.79 Å². The maximum absolute atomic E-state index is 10.5. The van der Waals surface area contributed by atoms with E-state index in [2.05, 4.69) is 15.7 Å². The van der Waals surface area contributed by atoms with E-state index in [1.807, 2.05) is 0 Å². The Bertz CT molecular complexity index is 447. The molecule has 0 aliphatic carbocycles. The predicted molar refractivity (Wildman–Crippen MR) is 47.7 cm³/mol. The second-order valence-corrected chi connectivity index (χ2v) is 2.67. The third kappa shape index (κ3) is 1.50. The van der Waals surface area contributed by atoms with Gasteiger partial charge in [-0.2, -0.15) is 0 Å². The Kier molecular flexibility index (Phi) is 2.02. The minimum atomic E-state index is -1.12. The van der Waals surface area contributed by atoms with Crippen LogP contribution in [0.25, 0.3) is 11.3 Å². The topological polar surface area (TPSA) is 63.3 Å². The first-order valence-corrected chi connectivity index (χ1v) is 3.94. The lowest BCUT2D eigenvalue weighted by Crippen LogP contribution is -1.91. The van der Waals surface area contributed by atoms with E-state index in [4.69, 9.17) is 5.11 Å². The molecule has 0 saturated heterocycles. The molecule has 2 aromatic rings. The van der Waals surface area contributed by atoms with Gasteiger partial charge in [-0.15, -0.1) is 0 Å². The summed E-state index contributed by atoms with van der Waals surface area (Å²) in [5.74, 6) is -1.28. The fourth-order valence-electron chi connectivity index (χ4n) is 1.07. The summed E-state index contributed by atoms with van der Waals surface area (Å²) in [6.07, 6.45) is 0. The van der Waals surface area contributed by atoms with Crippen LogP contribution in [-0.2, 0) is 0 Å². The van der Waals surface area contributed by atoms with Crippen LogP contribution in [0, 0.1) is 6.07 Å². The number of carbonyl (C=O) groups is 1. The first-order chi connectivity index (χ1) is 6.77. The fourth-order valence-corrected chi connectivity index (χ4v) is 1.07. The van der Waals surface area contributed by atoms with Crippen LogP contribution in [0.3, 0.4) is 0 Å². The van der Waals surface area contributed by atoms with E-state index < -0.39 is 5.97 Å². The molecule has 0 aliphatic rings. The molecule has 4 heteroatoms. The molecule has 2 rings (SSSR count). The number of aromatic nitrogens is 1. The number of carboxylic acids is 1. The van der Waals surface area contributed by atoms with Gasteiger partial charge in [0.05, 0.1) is 0 Å². The molecule has 1 N–H and O–H groups in total. The number of carboxylic acid groups (broad SMARTS) is 1. The molecule has 0 fully saturated rings. The summed E-state index contributed by atoms with van der Waals surface area (Å²) in [5, 5.41) is 12.2. The second-order valence-electron chi connectivity index (χ2n) is 2.67. The maximum atomic E-state index is 10.5. The zero-order valence-corrected chi connectivity index (χ0v) is 7.10. The van der Waals surface area contributed by atoms with E-state index in [0.717, 1.165) is 5.56 Å². The first kappa shape index (κ1) is 8.50. The first-order valence-electron chi connectivity index (χ1n) is 3.94. The van der Waals surface area contributed by atoms with Crippen molar-refractivity contribution >= 4 is 5.97 Å². The Morgan fingerprint density at radius 1 is 1.43 bits per heavy atom. The van der Waals surface area contributed by atoms with E-state index in [0.29, 0.717) is 5.69 Å². The van der Waals surface area contributed by atoms with Gasteiger partial charge in [-0.3, -0.25) is 0 Å². The van der Waals surface area contributed by atoms with Crippen molar-refractivity contribution in [3.05, 3.63) is 42.2 Å². The molecule has 1 aromatic heterocycles. The lowest BCUT2D eigenvalue weighted by atomic mass is 10.1. The van der Waals surface area contributed by atoms with Gasteiger partial charge in [-0.25, -0.2) is 4.79 Å². The Labute approximate surface area is 79.8 Å². The van der Waals surface area contributed by atoms with E-state index in [1.165, 1.54) is 6.07 Å². The standard InChI is InChI=1S/C10H6NO3/c12-10(13)9-6-8(11-14-9)7-4-2-1-3-5-7/h2-6H,(H,12,13). The van der Waals surface area contributed by atoms with Crippen molar-refractivity contribution in [2.24, 2.45) is 0 Å². The van der Waals surface area contributed by atoms with Gasteiger partial charge in [-0.1, -0.05) is 29.4 Å². The van der Waals surface area contributed by atoms with Gasteiger partial charge in [0, 0.05) is 11.6 Å². The molecule has 69 valence electrons. The van der Waals surface area contributed by atoms with Crippen LogP contribution in [0.5, 0.6) is 0 Å². The lowest BCUT2D eigenvalue weighted by Gasteiger charge is -1.90. The maximum Gasteiger partial charge on any atom is 0.374 e. The predicted octanol–water partition coefficient (Wildman–Crippen LogP) is 1.84. The van der Waals surface area contributed by atoms with Crippen LogP contribution in [-0.4, -0.2) is 16.2 Å².